The number of aliphatic hydroxyl groups is 1. The van der Waals surface area contributed by atoms with E-state index in [4.69, 9.17) is 16.7 Å². The van der Waals surface area contributed by atoms with Gasteiger partial charge in [-0.1, -0.05) is 23.7 Å². The van der Waals surface area contributed by atoms with Crippen molar-refractivity contribution < 1.29 is 5.11 Å². The monoisotopic (exact) mass is 182 g/mol. The summed E-state index contributed by atoms with van der Waals surface area (Å²) in [6.45, 7) is 0.243. The highest BCUT2D eigenvalue weighted by molar-refractivity contribution is 6.30. The average Bonchev–Trinajstić information content (AvgIpc) is 2.84. The van der Waals surface area contributed by atoms with E-state index in [2.05, 4.69) is 0 Å². The van der Waals surface area contributed by atoms with Gasteiger partial charge in [0, 0.05) is 10.4 Å². The van der Waals surface area contributed by atoms with Gasteiger partial charge in [-0.2, -0.15) is 0 Å². The van der Waals surface area contributed by atoms with Crippen LogP contribution in [0, 0.1) is 0 Å². The summed E-state index contributed by atoms with van der Waals surface area (Å²) in [6, 6.07) is 7.78. The van der Waals surface area contributed by atoms with E-state index in [-0.39, 0.29) is 12.0 Å². The molecule has 1 nitrogen and oxygen atoms in total. The molecule has 0 spiro atoms. The first kappa shape index (κ1) is 8.09. The van der Waals surface area contributed by atoms with Gasteiger partial charge in [0.15, 0.2) is 0 Å². The maximum absolute atomic E-state index is 9.16. The van der Waals surface area contributed by atoms with Crippen molar-refractivity contribution in [2.75, 3.05) is 6.61 Å². The Labute approximate surface area is 77.0 Å². The Morgan fingerprint density at radius 3 is 2.67 bits per heavy atom. The Hall–Kier alpha value is -0.530. The molecule has 0 atom stereocenters. The molecule has 0 aromatic heterocycles. The van der Waals surface area contributed by atoms with Gasteiger partial charge in [0.2, 0.25) is 0 Å². The minimum absolute atomic E-state index is 0.0465. The van der Waals surface area contributed by atoms with Crippen LogP contribution in [0.4, 0.5) is 0 Å². The molecule has 1 aliphatic carbocycles. The fourth-order valence-corrected chi connectivity index (χ4v) is 1.70. The molecule has 1 aromatic carbocycles. The third-order valence-corrected chi connectivity index (χ3v) is 2.83. The van der Waals surface area contributed by atoms with Gasteiger partial charge >= 0.3 is 0 Å². The van der Waals surface area contributed by atoms with E-state index < -0.39 is 0 Å². The van der Waals surface area contributed by atoms with Crippen molar-refractivity contribution in [1.29, 1.82) is 0 Å². The molecule has 1 fully saturated rings. The zero-order valence-corrected chi connectivity index (χ0v) is 7.51. The lowest BCUT2D eigenvalue weighted by atomic mass is 9.97. The van der Waals surface area contributed by atoms with E-state index in [1.54, 1.807) is 0 Å². The number of benzene rings is 1. The molecule has 1 N–H and O–H groups in total. The second-order valence-electron chi connectivity index (χ2n) is 3.45. The quantitative estimate of drug-likeness (QED) is 0.745. The molecule has 64 valence electrons. The van der Waals surface area contributed by atoms with Gasteiger partial charge in [0.1, 0.15) is 0 Å². The summed E-state index contributed by atoms with van der Waals surface area (Å²) in [7, 11) is 0. The largest absolute Gasteiger partial charge is 0.395 e. The highest BCUT2D eigenvalue weighted by Crippen LogP contribution is 2.47. The average molecular weight is 183 g/mol. The lowest BCUT2D eigenvalue weighted by Gasteiger charge is -2.11. The van der Waals surface area contributed by atoms with Gasteiger partial charge in [-0.15, -0.1) is 0 Å². The van der Waals surface area contributed by atoms with Crippen LogP contribution in [0.1, 0.15) is 18.4 Å². The molecule has 2 rings (SSSR count). The second kappa shape index (κ2) is 2.75. The van der Waals surface area contributed by atoms with Crippen LogP contribution in [0.5, 0.6) is 0 Å². The van der Waals surface area contributed by atoms with E-state index in [9.17, 15) is 0 Å². The van der Waals surface area contributed by atoms with E-state index in [0.29, 0.717) is 0 Å². The van der Waals surface area contributed by atoms with Crippen LogP contribution in [0.2, 0.25) is 5.02 Å². The zero-order valence-electron chi connectivity index (χ0n) is 6.76. The molecule has 0 saturated heterocycles. The molecule has 2 heteroatoms. The van der Waals surface area contributed by atoms with Gasteiger partial charge in [-0.25, -0.2) is 0 Å². The Balaban J connectivity index is 2.34. The van der Waals surface area contributed by atoms with Crippen LogP contribution in [0.25, 0.3) is 0 Å². The number of hydrogen-bond acceptors (Lipinski definition) is 1. The highest BCUT2D eigenvalue weighted by Gasteiger charge is 2.43. The second-order valence-corrected chi connectivity index (χ2v) is 3.89. The first-order chi connectivity index (χ1) is 5.77. The first-order valence-corrected chi connectivity index (χ1v) is 4.52. The van der Waals surface area contributed by atoms with E-state index in [1.807, 2.05) is 24.3 Å². The Kier molecular flexibility index (Phi) is 1.85. The van der Waals surface area contributed by atoms with Crippen molar-refractivity contribution >= 4 is 11.6 Å². The predicted octanol–water partition coefficient (Wildman–Crippen LogP) is 2.36. The van der Waals surface area contributed by atoms with Crippen molar-refractivity contribution in [2.24, 2.45) is 0 Å². The van der Waals surface area contributed by atoms with Crippen molar-refractivity contribution in [2.45, 2.75) is 18.3 Å². The third-order valence-electron chi connectivity index (χ3n) is 2.59. The summed E-state index contributed by atoms with van der Waals surface area (Å²) in [5.41, 5.74) is 1.22. The van der Waals surface area contributed by atoms with Gasteiger partial charge in [-0.05, 0) is 30.5 Å². The summed E-state index contributed by atoms with van der Waals surface area (Å²) in [5.74, 6) is 0. The van der Waals surface area contributed by atoms with Crippen molar-refractivity contribution in [3.05, 3.63) is 34.9 Å². The summed E-state index contributed by atoms with van der Waals surface area (Å²) >= 11 is 5.85. The van der Waals surface area contributed by atoms with Gasteiger partial charge in [-0.3, -0.25) is 0 Å². The summed E-state index contributed by atoms with van der Waals surface area (Å²) in [4.78, 5) is 0. The van der Waals surface area contributed by atoms with Crippen molar-refractivity contribution in [1.82, 2.24) is 0 Å². The summed E-state index contributed by atoms with van der Waals surface area (Å²) in [6.07, 6.45) is 2.17. The van der Waals surface area contributed by atoms with Crippen molar-refractivity contribution in [3.8, 4) is 0 Å². The maximum atomic E-state index is 9.16. The van der Waals surface area contributed by atoms with Crippen molar-refractivity contribution in [3.63, 3.8) is 0 Å². The van der Waals surface area contributed by atoms with E-state index in [1.165, 1.54) is 5.56 Å². The maximum Gasteiger partial charge on any atom is 0.0527 e. The molecule has 1 aliphatic rings. The van der Waals surface area contributed by atoms with E-state index >= 15 is 0 Å². The molecule has 12 heavy (non-hydrogen) atoms. The smallest absolute Gasteiger partial charge is 0.0527 e. The van der Waals surface area contributed by atoms with Gasteiger partial charge in [0.05, 0.1) is 6.61 Å². The Bertz CT molecular complexity index is 292. The van der Waals surface area contributed by atoms with Gasteiger partial charge < -0.3 is 5.11 Å². The molecule has 0 radical (unpaired) electrons. The number of aliphatic hydroxyl groups excluding tert-OH is 1. The van der Waals surface area contributed by atoms with Crippen LogP contribution >= 0.6 is 11.6 Å². The molecule has 0 aliphatic heterocycles. The number of halogens is 1. The lowest BCUT2D eigenvalue weighted by molar-refractivity contribution is 0.255. The number of hydrogen-bond donors (Lipinski definition) is 1. The molecule has 0 unspecified atom stereocenters. The molecular formula is C10H11ClO. The standard InChI is InChI=1S/C10H11ClO/c11-9-3-1-2-8(6-9)10(7-12)4-5-10/h1-3,6,12H,4-5,7H2. The zero-order chi connectivity index (χ0) is 8.60. The lowest BCUT2D eigenvalue weighted by Crippen LogP contribution is -2.11. The highest BCUT2D eigenvalue weighted by atomic mass is 35.5. The molecule has 1 aromatic rings. The summed E-state index contributed by atoms with van der Waals surface area (Å²) < 4.78 is 0. The topological polar surface area (TPSA) is 20.2 Å². The molecule has 1 saturated carbocycles. The minimum atomic E-state index is 0.0465. The van der Waals surface area contributed by atoms with Gasteiger partial charge in [0.25, 0.3) is 0 Å². The SMILES string of the molecule is OCC1(c2cccc(Cl)c2)CC1. The van der Waals surface area contributed by atoms with Crippen LogP contribution < -0.4 is 0 Å². The first-order valence-electron chi connectivity index (χ1n) is 4.14. The normalized spacial score (nSPS) is 19.2. The Morgan fingerprint density at radius 2 is 2.17 bits per heavy atom. The fourth-order valence-electron chi connectivity index (χ4n) is 1.51. The minimum Gasteiger partial charge on any atom is -0.395 e. The molecule has 0 heterocycles. The van der Waals surface area contributed by atoms with Crippen LogP contribution in [-0.4, -0.2) is 11.7 Å². The van der Waals surface area contributed by atoms with Crippen LogP contribution in [-0.2, 0) is 5.41 Å². The molecular weight excluding hydrogens is 172 g/mol. The fraction of sp³-hybridized carbons (Fsp3) is 0.400. The third kappa shape index (κ3) is 1.23. The predicted molar refractivity (Wildman–Crippen MR) is 49.4 cm³/mol. The summed E-state index contributed by atoms with van der Waals surface area (Å²) in [5, 5.41) is 9.91. The molecule has 0 amide bonds. The Morgan fingerprint density at radius 1 is 1.42 bits per heavy atom. The number of rotatable bonds is 2. The van der Waals surface area contributed by atoms with Crippen LogP contribution in [0.3, 0.4) is 0 Å². The molecule has 0 bridgehead atoms. The van der Waals surface area contributed by atoms with Crippen LogP contribution in [0.15, 0.2) is 24.3 Å². The van der Waals surface area contributed by atoms with E-state index in [0.717, 1.165) is 17.9 Å².